The molecule has 0 heterocycles. The summed E-state index contributed by atoms with van der Waals surface area (Å²) < 4.78 is 0. The molecule has 1 aromatic carbocycles. The predicted octanol–water partition coefficient (Wildman–Crippen LogP) is 1.70. The zero-order valence-electron chi connectivity index (χ0n) is 6.57. The van der Waals surface area contributed by atoms with Crippen LogP contribution in [-0.2, 0) is 0 Å². The minimum atomic E-state index is -0.984. The molecule has 1 aromatic rings. The van der Waals surface area contributed by atoms with Gasteiger partial charge >= 0.3 is 5.97 Å². The van der Waals surface area contributed by atoms with Gasteiger partial charge in [0.25, 0.3) is 0 Å². The highest BCUT2D eigenvalue weighted by Gasteiger charge is 2.05. The minimum absolute atomic E-state index is 0. The fourth-order valence-corrected chi connectivity index (χ4v) is 0.877. The smallest absolute Gasteiger partial charge is 0.337 e. The molecule has 0 amide bonds. The molecular weight excluding hydrogens is 178 g/mol. The summed E-state index contributed by atoms with van der Waals surface area (Å²) in [6.07, 6.45) is 0. The van der Waals surface area contributed by atoms with Crippen LogP contribution in [0.25, 0.3) is 0 Å². The van der Waals surface area contributed by atoms with Crippen molar-refractivity contribution >= 4 is 24.1 Å². The number of anilines is 1. The van der Waals surface area contributed by atoms with E-state index in [1.807, 2.05) is 6.92 Å². The van der Waals surface area contributed by atoms with Crippen LogP contribution in [0, 0.1) is 6.92 Å². The quantitative estimate of drug-likeness (QED) is 0.658. The van der Waals surface area contributed by atoms with Gasteiger partial charge in [-0.2, -0.15) is 0 Å². The number of hydrogen-bond acceptors (Lipinski definition) is 2. The highest BCUT2D eigenvalue weighted by atomic mass is 35.5. The van der Waals surface area contributed by atoms with Gasteiger partial charge in [0.1, 0.15) is 0 Å². The molecule has 0 saturated carbocycles. The van der Waals surface area contributed by atoms with E-state index in [-0.39, 0.29) is 18.0 Å². The van der Waals surface area contributed by atoms with Crippen LogP contribution in [-0.4, -0.2) is 11.1 Å². The lowest BCUT2D eigenvalue weighted by Gasteiger charge is -2.00. The Morgan fingerprint density at radius 3 is 2.50 bits per heavy atom. The summed E-state index contributed by atoms with van der Waals surface area (Å²) in [5, 5.41) is 8.58. The standard InChI is InChI=1S/C8H9NO2.ClH/c1-5-2-3-6(8(10)11)7(9)4-5;/h2-4H,9H2,1H3,(H,10,11);1H. The number of hydrogen-bond donors (Lipinski definition) is 2. The molecule has 1 rings (SSSR count). The second kappa shape index (κ2) is 3.97. The third-order valence-corrected chi connectivity index (χ3v) is 1.44. The SMILES string of the molecule is Cc1ccc(C(=O)O)c(N)c1.Cl. The Balaban J connectivity index is 0.00000121. The van der Waals surface area contributed by atoms with Gasteiger partial charge in [0.15, 0.2) is 0 Å². The lowest BCUT2D eigenvalue weighted by Crippen LogP contribution is -2.01. The first-order valence-corrected chi connectivity index (χ1v) is 3.20. The minimum Gasteiger partial charge on any atom is -0.478 e. The molecule has 0 unspecified atom stereocenters. The van der Waals surface area contributed by atoms with E-state index < -0.39 is 5.97 Å². The van der Waals surface area contributed by atoms with E-state index in [9.17, 15) is 4.79 Å². The summed E-state index contributed by atoms with van der Waals surface area (Å²) in [6.45, 7) is 1.86. The van der Waals surface area contributed by atoms with Crippen molar-refractivity contribution in [1.29, 1.82) is 0 Å². The molecule has 0 aliphatic rings. The predicted molar refractivity (Wildman–Crippen MR) is 49.8 cm³/mol. The van der Waals surface area contributed by atoms with Crippen molar-refractivity contribution in [3.05, 3.63) is 29.3 Å². The zero-order chi connectivity index (χ0) is 8.43. The maximum absolute atomic E-state index is 10.5. The number of aromatic carboxylic acids is 1. The third-order valence-electron chi connectivity index (χ3n) is 1.44. The number of nitrogens with two attached hydrogens (primary N) is 1. The highest BCUT2D eigenvalue weighted by molar-refractivity contribution is 5.93. The molecule has 12 heavy (non-hydrogen) atoms. The van der Waals surface area contributed by atoms with Crippen molar-refractivity contribution in [2.75, 3.05) is 5.73 Å². The highest BCUT2D eigenvalue weighted by Crippen LogP contribution is 2.12. The van der Waals surface area contributed by atoms with E-state index in [1.54, 1.807) is 12.1 Å². The fraction of sp³-hybridized carbons (Fsp3) is 0.125. The summed E-state index contributed by atoms with van der Waals surface area (Å²) in [4.78, 5) is 10.5. The van der Waals surface area contributed by atoms with Crippen LogP contribution < -0.4 is 5.73 Å². The lowest BCUT2D eigenvalue weighted by atomic mass is 10.1. The van der Waals surface area contributed by atoms with Crippen molar-refractivity contribution in [2.24, 2.45) is 0 Å². The van der Waals surface area contributed by atoms with E-state index in [4.69, 9.17) is 10.8 Å². The molecule has 0 aliphatic heterocycles. The Hall–Kier alpha value is -1.22. The Kier molecular flexibility index (Phi) is 3.57. The van der Waals surface area contributed by atoms with E-state index in [0.717, 1.165) is 5.56 Å². The Labute approximate surface area is 76.6 Å². The molecule has 0 bridgehead atoms. The zero-order valence-corrected chi connectivity index (χ0v) is 7.39. The van der Waals surface area contributed by atoms with Gasteiger partial charge in [0.05, 0.1) is 5.56 Å². The fourth-order valence-electron chi connectivity index (χ4n) is 0.877. The van der Waals surface area contributed by atoms with Crippen LogP contribution in [0.15, 0.2) is 18.2 Å². The molecule has 0 spiro atoms. The number of carboxylic acid groups (broad SMARTS) is 1. The molecule has 0 aromatic heterocycles. The van der Waals surface area contributed by atoms with Crippen molar-refractivity contribution in [3.63, 3.8) is 0 Å². The average molecular weight is 188 g/mol. The van der Waals surface area contributed by atoms with Gasteiger partial charge < -0.3 is 10.8 Å². The van der Waals surface area contributed by atoms with E-state index >= 15 is 0 Å². The maximum atomic E-state index is 10.5. The van der Waals surface area contributed by atoms with Gasteiger partial charge in [-0.25, -0.2) is 4.79 Å². The summed E-state index contributed by atoms with van der Waals surface area (Å²) >= 11 is 0. The lowest BCUT2D eigenvalue weighted by molar-refractivity contribution is 0.0698. The van der Waals surface area contributed by atoms with Crippen molar-refractivity contribution in [1.82, 2.24) is 0 Å². The van der Waals surface area contributed by atoms with E-state index in [0.29, 0.717) is 5.69 Å². The summed E-state index contributed by atoms with van der Waals surface area (Å²) in [5.74, 6) is -0.984. The number of carboxylic acids is 1. The van der Waals surface area contributed by atoms with Crippen molar-refractivity contribution < 1.29 is 9.90 Å². The summed E-state index contributed by atoms with van der Waals surface area (Å²) in [6, 6.07) is 4.87. The first-order valence-electron chi connectivity index (χ1n) is 3.20. The number of rotatable bonds is 1. The Morgan fingerprint density at radius 2 is 2.08 bits per heavy atom. The first-order chi connectivity index (χ1) is 5.11. The number of halogens is 1. The second-order valence-corrected chi connectivity index (χ2v) is 2.40. The van der Waals surface area contributed by atoms with Crippen LogP contribution in [0.5, 0.6) is 0 Å². The number of nitrogen functional groups attached to an aromatic ring is 1. The topological polar surface area (TPSA) is 63.3 Å². The molecule has 0 fully saturated rings. The van der Waals surface area contributed by atoms with Gasteiger partial charge in [0.2, 0.25) is 0 Å². The largest absolute Gasteiger partial charge is 0.478 e. The normalized spacial score (nSPS) is 8.75. The molecule has 3 N–H and O–H groups in total. The molecule has 0 saturated heterocycles. The van der Waals surface area contributed by atoms with Crippen LogP contribution in [0.4, 0.5) is 5.69 Å². The van der Waals surface area contributed by atoms with E-state index in [1.165, 1.54) is 6.07 Å². The van der Waals surface area contributed by atoms with Crippen molar-refractivity contribution in [3.8, 4) is 0 Å². The van der Waals surface area contributed by atoms with Gasteiger partial charge in [-0.1, -0.05) is 6.07 Å². The van der Waals surface area contributed by atoms with E-state index in [2.05, 4.69) is 0 Å². The molecule has 0 aliphatic carbocycles. The second-order valence-electron chi connectivity index (χ2n) is 2.40. The monoisotopic (exact) mass is 187 g/mol. The van der Waals surface area contributed by atoms with Crippen LogP contribution in [0.2, 0.25) is 0 Å². The summed E-state index contributed by atoms with van der Waals surface area (Å²) in [5.41, 5.74) is 6.89. The van der Waals surface area contributed by atoms with Crippen molar-refractivity contribution in [2.45, 2.75) is 6.92 Å². The third kappa shape index (κ3) is 2.13. The molecule has 66 valence electrons. The molecular formula is C8H10ClNO2. The molecule has 4 heteroatoms. The van der Waals surface area contributed by atoms with Gasteiger partial charge in [-0.15, -0.1) is 12.4 Å². The number of aryl methyl sites for hydroxylation is 1. The van der Waals surface area contributed by atoms with Crippen LogP contribution in [0.3, 0.4) is 0 Å². The number of benzene rings is 1. The van der Waals surface area contributed by atoms with Crippen LogP contribution >= 0.6 is 12.4 Å². The summed E-state index contributed by atoms with van der Waals surface area (Å²) in [7, 11) is 0. The van der Waals surface area contributed by atoms with Gasteiger partial charge in [0, 0.05) is 5.69 Å². The number of carbonyl (C=O) groups is 1. The maximum Gasteiger partial charge on any atom is 0.337 e. The molecule has 0 atom stereocenters. The molecule has 3 nitrogen and oxygen atoms in total. The average Bonchev–Trinajstić information content (AvgIpc) is 1.85. The first kappa shape index (κ1) is 10.8. The van der Waals surface area contributed by atoms with Gasteiger partial charge in [-0.3, -0.25) is 0 Å². The van der Waals surface area contributed by atoms with Gasteiger partial charge in [-0.05, 0) is 24.6 Å². The van der Waals surface area contributed by atoms with Crippen LogP contribution in [0.1, 0.15) is 15.9 Å². The Morgan fingerprint density at radius 1 is 1.50 bits per heavy atom. The Bertz CT molecular complexity index is 299. The molecule has 0 radical (unpaired) electrons.